The molecule has 2 unspecified atom stereocenters. The molecule has 3 heterocycles. The molecule has 1 N–H and O–H groups in total. The largest absolute Gasteiger partial charge is 0.480 e. The highest BCUT2D eigenvalue weighted by Gasteiger charge is 2.50. The first-order chi connectivity index (χ1) is 12.9. The Morgan fingerprint density at radius 3 is 2.22 bits per heavy atom. The van der Waals surface area contributed by atoms with Gasteiger partial charge in [0.1, 0.15) is 6.04 Å². The average Bonchev–Trinajstić information content (AvgIpc) is 2.84. The second-order valence-corrected chi connectivity index (χ2v) is 6.78. The molecule has 2 fully saturated rings. The van der Waals surface area contributed by atoms with Crippen molar-refractivity contribution in [3.05, 3.63) is 35.4 Å². The van der Waals surface area contributed by atoms with Gasteiger partial charge >= 0.3 is 5.97 Å². The highest BCUT2D eigenvalue weighted by atomic mass is 16.4. The van der Waals surface area contributed by atoms with Crippen molar-refractivity contribution in [2.45, 2.75) is 37.8 Å². The minimum absolute atomic E-state index is 0.0253. The molecule has 9 nitrogen and oxygen atoms in total. The predicted molar refractivity (Wildman–Crippen MR) is 89.2 cm³/mol. The fraction of sp³-hybridized carbons (Fsp3) is 0.389. The van der Waals surface area contributed by atoms with E-state index in [1.165, 1.54) is 12.1 Å². The van der Waals surface area contributed by atoms with Gasteiger partial charge in [0.05, 0.1) is 11.1 Å². The van der Waals surface area contributed by atoms with E-state index in [1.807, 2.05) is 0 Å². The van der Waals surface area contributed by atoms with Crippen LogP contribution in [0.4, 0.5) is 0 Å². The smallest absolute Gasteiger partial charge is 0.328 e. The maximum atomic E-state index is 13.2. The lowest BCUT2D eigenvalue weighted by Gasteiger charge is -2.42. The number of carbonyl (C=O) groups excluding carboxylic acids is 4. The molecule has 0 saturated carbocycles. The molecule has 9 heteroatoms. The normalized spacial score (nSPS) is 25.4. The van der Waals surface area contributed by atoms with Crippen LogP contribution in [-0.2, 0) is 14.4 Å². The number of rotatable bonds is 2. The third-order valence-corrected chi connectivity index (χ3v) is 5.26. The molecule has 4 rings (SSSR count). The van der Waals surface area contributed by atoms with Crippen molar-refractivity contribution in [1.82, 2.24) is 14.9 Å². The summed E-state index contributed by atoms with van der Waals surface area (Å²) in [6.07, 6.45) is 0.596. The molecule has 27 heavy (non-hydrogen) atoms. The first-order valence-corrected chi connectivity index (χ1v) is 8.75. The fourth-order valence-electron chi connectivity index (χ4n) is 3.97. The Kier molecular flexibility index (Phi) is 3.94. The molecular weight excluding hydrogens is 354 g/mol. The zero-order chi connectivity index (χ0) is 19.3. The summed E-state index contributed by atoms with van der Waals surface area (Å²) < 4.78 is 0. The van der Waals surface area contributed by atoms with Gasteiger partial charge < -0.3 is 5.11 Å². The van der Waals surface area contributed by atoms with Crippen molar-refractivity contribution < 1.29 is 29.1 Å². The summed E-state index contributed by atoms with van der Waals surface area (Å²) in [7, 11) is 0. The van der Waals surface area contributed by atoms with E-state index < -0.39 is 35.8 Å². The topological polar surface area (TPSA) is 115 Å². The summed E-state index contributed by atoms with van der Waals surface area (Å²) in [6.45, 7) is 0.239. The number of amides is 4. The van der Waals surface area contributed by atoms with Crippen LogP contribution in [0, 0.1) is 0 Å². The summed E-state index contributed by atoms with van der Waals surface area (Å²) in [5.41, 5.74) is 0.410. The van der Waals surface area contributed by atoms with Crippen LogP contribution >= 0.6 is 0 Å². The van der Waals surface area contributed by atoms with Crippen molar-refractivity contribution in [3.63, 3.8) is 0 Å². The van der Waals surface area contributed by atoms with Crippen molar-refractivity contribution in [2.24, 2.45) is 0 Å². The number of hydrazine groups is 1. The standard InChI is InChI=1S/C18H17N3O6/c22-14-8-7-12(17(25)21-13(18(26)27)6-3-9-19(14)21)20-15(23)10-4-1-2-5-11(10)16(20)24/h1-2,4-5,12-13H,3,6-9H2,(H,26,27). The molecule has 1 aromatic rings. The van der Waals surface area contributed by atoms with Gasteiger partial charge in [-0.3, -0.25) is 29.1 Å². The zero-order valence-electron chi connectivity index (χ0n) is 14.3. The first-order valence-electron chi connectivity index (χ1n) is 8.75. The van der Waals surface area contributed by atoms with Gasteiger partial charge in [-0.15, -0.1) is 0 Å². The highest BCUT2D eigenvalue weighted by molar-refractivity contribution is 6.23. The number of hydrogen-bond donors (Lipinski definition) is 1. The molecule has 140 valence electrons. The van der Waals surface area contributed by atoms with Gasteiger partial charge in [0.2, 0.25) is 5.91 Å². The number of imide groups is 1. The minimum Gasteiger partial charge on any atom is -0.480 e. The van der Waals surface area contributed by atoms with Crippen molar-refractivity contribution in [2.75, 3.05) is 6.54 Å². The molecule has 4 amide bonds. The van der Waals surface area contributed by atoms with Crippen LogP contribution in [-0.4, -0.2) is 68.3 Å². The second-order valence-electron chi connectivity index (χ2n) is 6.78. The third kappa shape index (κ3) is 2.49. The number of carbonyl (C=O) groups is 5. The molecule has 1 aromatic carbocycles. The number of carboxylic acid groups (broad SMARTS) is 1. The van der Waals surface area contributed by atoms with Gasteiger partial charge in [-0.1, -0.05) is 12.1 Å². The molecule has 3 aliphatic heterocycles. The maximum absolute atomic E-state index is 13.2. The average molecular weight is 371 g/mol. The van der Waals surface area contributed by atoms with E-state index in [0.29, 0.717) is 6.42 Å². The van der Waals surface area contributed by atoms with E-state index in [2.05, 4.69) is 0 Å². The SMILES string of the molecule is O=C(O)C1CCCN2C(=O)CCC(N3C(=O)c4ccccc4C3=O)C(=O)N12. The van der Waals surface area contributed by atoms with Crippen molar-refractivity contribution >= 4 is 29.6 Å². The number of benzene rings is 1. The van der Waals surface area contributed by atoms with E-state index in [0.717, 1.165) is 14.9 Å². The van der Waals surface area contributed by atoms with Gasteiger partial charge in [-0.25, -0.2) is 9.80 Å². The molecule has 2 saturated heterocycles. The summed E-state index contributed by atoms with van der Waals surface area (Å²) in [5, 5.41) is 11.6. The number of aliphatic carboxylic acids is 1. The Bertz CT molecular complexity index is 847. The van der Waals surface area contributed by atoms with Crippen molar-refractivity contribution in [3.8, 4) is 0 Å². The lowest BCUT2D eigenvalue weighted by atomic mass is 10.1. The first kappa shape index (κ1) is 17.2. The summed E-state index contributed by atoms with van der Waals surface area (Å²) in [6, 6.07) is 3.87. The lowest BCUT2D eigenvalue weighted by Crippen LogP contribution is -2.62. The van der Waals surface area contributed by atoms with Crippen LogP contribution in [0.2, 0.25) is 0 Å². The van der Waals surface area contributed by atoms with E-state index in [-0.39, 0.29) is 42.8 Å². The van der Waals surface area contributed by atoms with Crippen LogP contribution < -0.4 is 0 Å². The number of fused-ring (bicyclic) bond motifs is 2. The highest BCUT2D eigenvalue weighted by Crippen LogP contribution is 2.31. The van der Waals surface area contributed by atoms with Gasteiger partial charge in [-0.2, -0.15) is 0 Å². The van der Waals surface area contributed by atoms with E-state index in [9.17, 15) is 29.1 Å². The zero-order valence-corrected chi connectivity index (χ0v) is 14.3. The Balaban J connectivity index is 1.73. The Morgan fingerprint density at radius 2 is 1.63 bits per heavy atom. The van der Waals surface area contributed by atoms with Crippen LogP contribution in [0.25, 0.3) is 0 Å². The molecule has 0 aliphatic carbocycles. The lowest BCUT2D eigenvalue weighted by molar-refractivity contribution is -0.181. The number of nitrogens with zero attached hydrogens (tertiary/aromatic N) is 3. The molecule has 2 atom stereocenters. The van der Waals surface area contributed by atoms with E-state index >= 15 is 0 Å². The predicted octanol–water partition coefficient (Wildman–Crippen LogP) is 0.264. The Morgan fingerprint density at radius 1 is 1.00 bits per heavy atom. The number of carboxylic acids is 1. The molecule has 0 aromatic heterocycles. The fourth-order valence-corrected chi connectivity index (χ4v) is 3.97. The number of hydrogen-bond acceptors (Lipinski definition) is 5. The molecule has 0 spiro atoms. The summed E-state index contributed by atoms with van der Waals surface area (Å²) >= 11 is 0. The molecule has 0 radical (unpaired) electrons. The Labute approximate surface area is 154 Å². The van der Waals surface area contributed by atoms with Crippen LogP contribution in [0.3, 0.4) is 0 Å². The van der Waals surface area contributed by atoms with Crippen LogP contribution in [0.5, 0.6) is 0 Å². The second kappa shape index (κ2) is 6.19. The monoisotopic (exact) mass is 371 g/mol. The van der Waals surface area contributed by atoms with E-state index in [1.54, 1.807) is 12.1 Å². The van der Waals surface area contributed by atoms with Crippen molar-refractivity contribution in [1.29, 1.82) is 0 Å². The maximum Gasteiger partial charge on any atom is 0.328 e. The van der Waals surface area contributed by atoms with Crippen LogP contribution in [0.1, 0.15) is 46.4 Å². The van der Waals surface area contributed by atoms with Gasteiger partial charge in [0, 0.05) is 13.0 Å². The van der Waals surface area contributed by atoms with Gasteiger partial charge in [-0.05, 0) is 31.4 Å². The van der Waals surface area contributed by atoms with E-state index in [4.69, 9.17) is 0 Å². The third-order valence-electron chi connectivity index (χ3n) is 5.26. The molecular formula is C18H17N3O6. The van der Waals surface area contributed by atoms with Gasteiger partial charge in [0.15, 0.2) is 6.04 Å². The quantitative estimate of drug-likeness (QED) is 0.746. The summed E-state index contributed by atoms with van der Waals surface area (Å²) in [5.74, 6) is -3.50. The van der Waals surface area contributed by atoms with Gasteiger partial charge in [0.25, 0.3) is 17.7 Å². The summed E-state index contributed by atoms with van der Waals surface area (Å²) in [4.78, 5) is 63.6. The Hall–Kier alpha value is -3.23. The minimum atomic E-state index is -1.22. The molecule has 0 bridgehead atoms. The van der Waals surface area contributed by atoms with Crippen LogP contribution in [0.15, 0.2) is 24.3 Å². The molecule has 3 aliphatic rings.